The minimum Gasteiger partial charge on any atom is -0.478 e. The van der Waals surface area contributed by atoms with Gasteiger partial charge in [-0.3, -0.25) is 4.79 Å². The monoisotopic (exact) mass is 291 g/mol. The van der Waals surface area contributed by atoms with Crippen LogP contribution in [-0.4, -0.2) is 36.7 Å². The molecule has 0 atom stereocenters. The van der Waals surface area contributed by atoms with E-state index in [2.05, 4.69) is 11.9 Å². The lowest BCUT2D eigenvalue weighted by molar-refractivity contribution is -0.121. The molecule has 114 valence electrons. The third kappa shape index (κ3) is 6.72. The molecule has 0 aliphatic heterocycles. The van der Waals surface area contributed by atoms with Crippen LogP contribution < -0.4 is 5.32 Å². The van der Waals surface area contributed by atoms with Crippen molar-refractivity contribution in [3.63, 3.8) is 0 Å². The van der Waals surface area contributed by atoms with Crippen molar-refractivity contribution in [3.05, 3.63) is 48.0 Å². The van der Waals surface area contributed by atoms with Crippen molar-refractivity contribution < 1.29 is 19.4 Å². The Labute approximate surface area is 124 Å². The number of nitrogens with one attached hydrogen (secondary N) is 1. The fraction of sp³-hybridized carbons (Fsp3) is 0.375. The fourth-order valence-electron chi connectivity index (χ4n) is 1.81. The predicted molar refractivity (Wildman–Crippen MR) is 80.4 cm³/mol. The molecule has 0 aromatic heterocycles. The second-order valence-electron chi connectivity index (χ2n) is 4.50. The van der Waals surface area contributed by atoms with Crippen LogP contribution in [-0.2, 0) is 16.0 Å². The molecule has 2 N–H and O–H groups in total. The largest absolute Gasteiger partial charge is 0.478 e. The summed E-state index contributed by atoms with van der Waals surface area (Å²) in [5.41, 5.74) is 0.917. The summed E-state index contributed by atoms with van der Waals surface area (Å²) in [5.74, 6) is -1.08. The Balaban J connectivity index is 2.27. The van der Waals surface area contributed by atoms with E-state index >= 15 is 0 Å². The van der Waals surface area contributed by atoms with Crippen molar-refractivity contribution in [1.82, 2.24) is 5.32 Å². The van der Waals surface area contributed by atoms with Gasteiger partial charge in [0.25, 0.3) is 0 Å². The lowest BCUT2D eigenvalue weighted by Crippen LogP contribution is -2.27. The van der Waals surface area contributed by atoms with Gasteiger partial charge in [0.1, 0.15) is 0 Å². The van der Waals surface area contributed by atoms with Gasteiger partial charge in [0.2, 0.25) is 5.91 Å². The highest BCUT2D eigenvalue weighted by atomic mass is 16.5. The lowest BCUT2D eigenvalue weighted by atomic mass is 10.0. The van der Waals surface area contributed by atoms with Gasteiger partial charge in [-0.2, -0.15) is 0 Å². The molecule has 21 heavy (non-hydrogen) atoms. The van der Waals surface area contributed by atoms with Crippen molar-refractivity contribution in [2.75, 3.05) is 19.8 Å². The molecule has 0 fully saturated rings. The van der Waals surface area contributed by atoms with Gasteiger partial charge in [0.15, 0.2) is 0 Å². The quantitative estimate of drug-likeness (QED) is 0.511. The molecule has 0 aliphatic rings. The first kappa shape index (κ1) is 16.9. The van der Waals surface area contributed by atoms with Crippen LogP contribution in [0.4, 0.5) is 0 Å². The van der Waals surface area contributed by atoms with Crippen LogP contribution in [0, 0.1) is 0 Å². The Morgan fingerprint density at radius 2 is 2.05 bits per heavy atom. The summed E-state index contributed by atoms with van der Waals surface area (Å²) in [6.07, 6.45) is 3.24. The van der Waals surface area contributed by atoms with Crippen molar-refractivity contribution in [3.8, 4) is 0 Å². The molecule has 1 rings (SSSR count). The van der Waals surface area contributed by atoms with Gasteiger partial charge < -0.3 is 15.2 Å². The summed E-state index contributed by atoms with van der Waals surface area (Å²) >= 11 is 0. The maximum absolute atomic E-state index is 11.7. The zero-order valence-corrected chi connectivity index (χ0v) is 12.0. The summed E-state index contributed by atoms with van der Waals surface area (Å²) in [6, 6.07) is 6.72. The van der Waals surface area contributed by atoms with E-state index < -0.39 is 5.97 Å². The third-order valence-electron chi connectivity index (χ3n) is 2.90. The highest BCUT2D eigenvalue weighted by molar-refractivity contribution is 5.89. The Morgan fingerprint density at radius 3 is 2.76 bits per heavy atom. The van der Waals surface area contributed by atoms with Gasteiger partial charge in [0.05, 0.1) is 18.8 Å². The number of aromatic carboxylic acids is 1. The summed E-state index contributed by atoms with van der Waals surface area (Å²) in [4.78, 5) is 22.7. The number of hydrogen-bond donors (Lipinski definition) is 2. The van der Waals surface area contributed by atoms with Gasteiger partial charge in [0, 0.05) is 13.0 Å². The van der Waals surface area contributed by atoms with Crippen LogP contribution in [0.3, 0.4) is 0 Å². The molecule has 0 radical (unpaired) electrons. The zero-order valence-electron chi connectivity index (χ0n) is 12.0. The number of rotatable bonds is 10. The third-order valence-corrected chi connectivity index (χ3v) is 2.90. The lowest BCUT2D eigenvalue weighted by Gasteiger charge is -2.07. The van der Waals surface area contributed by atoms with Gasteiger partial charge in [-0.1, -0.05) is 24.3 Å². The number of hydrogen-bond acceptors (Lipinski definition) is 3. The van der Waals surface area contributed by atoms with Crippen molar-refractivity contribution in [2.24, 2.45) is 0 Å². The molecular weight excluding hydrogens is 270 g/mol. The normalized spacial score (nSPS) is 10.1. The average molecular weight is 291 g/mol. The molecule has 1 aromatic carbocycles. The summed E-state index contributed by atoms with van der Waals surface area (Å²) in [5, 5.41) is 11.8. The average Bonchev–Trinajstić information content (AvgIpc) is 2.49. The zero-order chi connectivity index (χ0) is 15.5. The molecular formula is C16H21NO4. The minimum atomic E-state index is -0.971. The van der Waals surface area contributed by atoms with E-state index in [0.29, 0.717) is 31.7 Å². The Hall–Kier alpha value is -2.14. The van der Waals surface area contributed by atoms with E-state index in [0.717, 1.165) is 6.42 Å². The summed E-state index contributed by atoms with van der Waals surface area (Å²) in [7, 11) is 0. The van der Waals surface area contributed by atoms with E-state index in [9.17, 15) is 9.59 Å². The first-order valence-electron chi connectivity index (χ1n) is 6.91. The Morgan fingerprint density at radius 1 is 1.29 bits per heavy atom. The number of aryl methyl sites for hydroxylation is 1. The van der Waals surface area contributed by atoms with Crippen LogP contribution >= 0.6 is 0 Å². The molecule has 5 heteroatoms. The second kappa shape index (κ2) is 9.72. The predicted octanol–water partition coefficient (Wildman–Crippen LogP) is 2.03. The molecule has 0 heterocycles. The molecule has 1 aromatic rings. The highest BCUT2D eigenvalue weighted by Crippen LogP contribution is 2.11. The highest BCUT2D eigenvalue weighted by Gasteiger charge is 2.10. The molecule has 0 bridgehead atoms. The molecule has 0 saturated carbocycles. The van der Waals surface area contributed by atoms with Gasteiger partial charge in [-0.05, 0) is 24.5 Å². The maximum Gasteiger partial charge on any atom is 0.335 e. The van der Waals surface area contributed by atoms with Crippen LogP contribution in [0.1, 0.15) is 28.8 Å². The van der Waals surface area contributed by atoms with E-state index in [-0.39, 0.29) is 17.9 Å². The topological polar surface area (TPSA) is 75.6 Å². The first-order chi connectivity index (χ1) is 10.1. The number of carboxylic acid groups (broad SMARTS) is 1. The first-order valence-corrected chi connectivity index (χ1v) is 6.91. The van der Waals surface area contributed by atoms with Crippen molar-refractivity contribution in [2.45, 2.75) is 19.3 Å². The van der Waals surface area contributed by atoms with Crippen LogP contribution in [0.2, 0.25) is 0 Å². The van der Waals surface area contributed by atoms with E-state index in [1.54, 1.807) is 30.3 Å². The number of amides is 1. The molecule has 0 saturated heterocycles. The van der Waals surface area contributed by atoms with Crippen LogP contribution in [0.5, 0.6) is 0 Å². The molecule has 0 aliphatic carbocycles. The van der Waals surface area contributed by atoms with Crippen molar-refractivity contribution in [1.29, 1.82) is 0 Å². The van der Waals surface area contributed by atoms with Crippen LogP contribution in [0.25, 0.3) is 0 Å². The number of carbonyl (C=O) groups is 2. The maximum atomic E-state index is 11.7. The smallest absolute Gasteiger partial charge is 0.335 e. The van der Waals surface area contributed by atoms with Crippen LogP contribution in [0.15, 0.2) is 36.9 Å². The Kier molecular flexibility index (Phi) is 7.82. The molecule has 5 nitrogen and oxygen atoms in total. The van der Waals surface area contributed by atoms with E-state index in [4.69, 9.17) is 9.84 Å². The number of ether oxygens (including phenoxy) is 1. The SMILES string of the molecule is C=CCCOCCNC(=O)CCc1ccccc1C(=O)O. The Bertz CT molecular complexity index is 485. The number of benzene rings is 1. The van der Waals surface area contributed by atoms with E-state index in [1.165, 1.54) is 0 Å². The van der Waals surface area contributed by atoms with E-state index in [1.807, 2.05) is 0 Å². The minimum absolute atomic E-state index is 0.109. The number of carboxylic acids is 1. The van der Waals surface area contributed by atoms with Crippen molar-refractivity contribution >= 4 is 11.9 Å². The standard InChI is InChI=1S/C16H21NO4/c1-2-3-11-21-12-10-17-15(18)9-8-13-6-4-5-7-14(13)16(19)20/h2,4-7H,1,3,8-12H2,(H,17,18)(H,19,20). The molecule has 0 unspecified atom stereocenters. The summed E-state index contributed by atoms with van der Waals surface area (Å²) in [6.45, 7) is 5.11. The van der Waals surface area contributed by atoms with Gasteiger partial charge >= 0.3 is 5.97 Å². The van der Waals surface area contributed by atoms with Gasteiger partial charge in [-0.25, -0.2) is 4.79 Å². The summed E-state index contributed by atoms with van der Waals surface area (Å²) < 4.78 is 5.27. The fourth-order valence-corrected chi connectivity index (χ4v) is 1.81. The van der Waals surface area contributed by atoms with Gasteiger partial charge in [-0.15, -0.1) is 6.58 Å². The molecule has 1 amide bonds. The number of carbonyl (C=O) groups excluding carboxylic acids is 1. The second-order valence-corrected chi connectivity index (χ2v) is 4.50. The molecule has 0 spiro atoms.